The second-order valence-electron chi connectivity index (χ2n) is 11.1. The Kier molecular flexibility index (Phi) is 6.34. The molecule has 0 radical (unpaired) electrons. The number of thiazole rings is 1. The van der Waals surface area contributed by atoms with Gasteiger partial charge in [0.05, 0.1) is 21.5 Å². The zero-order valence-corrected chi connectivity index (χ0v) is 23.1. The number of nitrogens with zero attached hydrogens (tertiary/aromatic N) is 2. The summed E-state index contributed by atoms with van der Waals surface area (Å²) in [4.78, 5) is 35.1. The molecule has 4 aromatic rings. The number of amides is 2. The van der Waals surface area contributed by atoms with Crippen molar-refractivity contribution < 1.29 is 14.0 Å². The molecular formula is C31H33N3O3S. The number of aromatic nitrogens is 1. The van der Waals surface area contributed by atoms with E-state index in [4.69, 9.17) is 9.40 Å². The van der Waals surface area contributed by atoms with Crippen molar-refractivity contribution >= 4 is 34.1 Å². The average molecular weight is 528 g/mol. The minimum absolute atomic E-state index is 0.0280. The van der Waals surface area contributed by atoms with Crippen molar-refractivity contribution in [1.29, 1.82) is 0 Å². The minimum Gasteiger partial charge on any atom is -0.461 e. The van der Waals surface area contributed by atoms with E-state index in [1.54, 1.807) is 11.3 Å². The van der Waals surface area contributed by atoms with Gasteiger partial charge in [0.2, 0.25) is 0 Å². The Morgan fingerprint density at radius 1 is 1.11 bits per heavy atom. The zero-order chi connectivity index (χ0) is 26.6. The molecule has 2 amide bonds. The molecule has 196 valence electrons. The molecule has 1 unspecified atom stereocenters. The monoisotopic (exact) mass is 527 g/mol. The summed E-state index contributed by atoms with van der Waals surface area (Å²) in [5, 5.41) is 4.87. The maximum absolute atomic E-state index is 14.1. The highest BCUT2D eigenvalue weighted by molar-refractivity contribution is 7.15. The van der Waals surface area contributed by atoms with E-state index >= 15 is 0 Å². The zero-order valence-electron chi connectivity index (χ0n) is 22.3. The first kappa shape index (κ1) is 24.9. The Balaban J connectivity index is 1.28. The van der Waals surface area contributed by atoms with Crippen molar-refractivity contribution in [3.05, 3.63) is 76.1 Å². The van der Waals surface area contributed by atoms with Crippen LogP contribution in [0.3, 0.4) is 0 Å². The maximum atomic E-state index is 14.1. The Bertz CT molecular complexity index is 1540. The molecular weight excluding hydrogens is 494 g/mol. The quantitative estimate of drug-likeness (QED) is 0.326. The summed E-state index contributed by atoms with van der Waals surface area (Å²) >= 11 is 1.57. The molecule has 2 fully saturated rings. The first-order valence-corrected chi connectivity index (χ1v) is 14.2. The summed E-state index contributed by atoms with van der Waals surface area (Å²) in [5.74, 6) is 2.08. The minimum atomic E-state index is -0.136. The molecule has 4 atom stereocenters. The Labute approximate surface area is 227 Å². The van der Waals surface area contributed by atoms with E-state index in [1.807, 2.05) is 55.1 Å². The second-order valence-corrected chi connectivity index (χ2v) is 12.3. The third-order valence-corrected chi connectivity index (χ3v) is 9.21. The van der Waals surface area contributed by atoms with Gasteiger partial charge in [-0.05, 0) is 75.1 Å². The van der Waals surface area contributed by atoms with Gasteiger partial charge in [-0.2, -0.15) is 0 Å². The standard InChI is InChI=1S/C31H33N3O3S/c1-17-7-5-8-21(11-17)29-28(33-20(4)38-29)31(36)34-16-22-12-18(2)13-24(22)26(34)15-32-30(35)23-9-6-10-27-25(23)14-19(3)37-27/h5-11,14,18,22,24,26H,12-13,15-16H2,1-4H3,(H,32,35)/t18?,22-,24-,26+/m0/s1. The van der Waals surface area contributed by atoms with Crippen LogP contribution in [0.1, 0.15) is 56.9 Å². The molecule has 1 N–H and O–H groups in total. The predicted molar refractivity (Wildman–Crippen MR) is 151 cm³/mol. The highest BCUT2D eigenvalue weighted by atomic mass is 32.1. The molecule has 1 saturated carbocycles. The van der Waals surface area contributed by atoms with Crippen molar-refractivity contribution in [3.8, 4) is 10.4 Å². The normalized spacial score (nSPS) is 22.7. The number of hydrogen-bond donors (Lipinski definition) is 1. The summed E-state index contributed by atoms with van der Waals surface area (Å²) in [7, 11) is 0. The molecule has 2 aromatic carbocycles. The smallest absolute Gasteiger partial charge is 0.274 e. The number of furan rings is 1. The molecule has 1 aliphatic carbocycles. The van der Waals surface area contributed by atoms with Crippen LogP contribution in [-0.4, -0.2) is 40.8 Å². The van der Waals surface area contributed by atoms with Crippen LogP contribution in [0, 0.1) is 38.5 Å². The van der Waals surface area contributed by atoms with Crippen LogP contribution in [0.2, 0.25) is 0 Å². The van der Waals surface area contributed by atoms with E-state index in [0.717, 1.165) is 45.0 Å². The van der Waals surface area contributed by atoms with Crippen LogP contribution in [-0.2, 0) is 0 Å². The van der Waals surface area contributed by atoms with Crippen molar-refractivity contribution in [2.24, 2.45) is 17.8 Å². The van der Waals surface area contributed by atoms with Crippen LogP contribution in [0.5, 0.6) is 0 Å². The maximum Gasteiger partial charge on any atom is 0.274 e. The lowest BCUT2D eigenvalue weighted by Gasteiger charge is -2.28. The fourth-order valence-corrected chi connectivity index (χ4v) is 7.52. The number of carbonyl (C=O) groups excluding carboxylic acids is 2. The summed E-state index contributed by atoms with van der Waals surface area (Å²) in [6, 6.07) is 15.6. The van der Waals surface area contributed by atoms with Gasteiger partial charge in [-0.15, -0.1) is 11.3 Å². The number of likely N-dealkylation sites (tertiary alicyclic amines) is 1. The number of rotatable bonds is 5. The van der Waals surface area contributed by atoms with Crippen LogP contribution >= 0.6 is 11.3 Å². The first-order valence-electron chi connectivity index (χ1n) is 13.4. The number of carbonyl (C=O) groups is 2. The third-order valence-electron chi connectivity index (χ3n) is 8.19. The summed E-state index contributed by atoms with van der Waals surface area (Å²) in [5.41, 5.74) is 4.02. The summed E-state index contributed by atoms with van der Waals surface area (Å²) in [6.07, 6.45) is 2.19. The van der Waals surface area contributed by atoms with Gasteiger partial charge < -0.3 is 14.6 Å². The highest BCUT2D eigenvalue weighted by Gasteiger charge is 2.48. The van der Waals surface area contributed by atoms with Crippen molar-refractivity contribution in [2.75, 3.05) is 13.1 Å². The van der Waals surface area contributed by atoms with E-state index in [1.165, 1.54) is 0 Å². The Hall–Kier alpha value is -3.45. The number of aryl methyl sites for hydroxylation is 3. The number of fused-ring (bicyclic) bond motifs is 2. The molecule has 7 heteroatoms. The largest absolute Gasteiger partial charge is 0.461 e. The van der Waals surface area contributed by atoms with Crippen molar-refractivity contribution in [1.82, 2.24) is 15.2 Å². The number of nitrogens with one attached hydrogen (secondary N) is 1. The van der Waals surface area contributed by atoms with Crippen molar-refractivity contribution in [2.45, 2.75) is 46.6 Å². The van der Waals surface area contributed by atoms with Gasteiger partial charge in [-0.3, -0.25) is 9.59 Å². The van der Waals surface area contributed by atoms with E-state index in [0.29, 0.717) is 47.7 Å². The second kappa shape index (κ2) is 9.70. The number of benzene rings is 2. The fraction of sp³-hybridized carbons (Fsp3) is 0.387. The molecule has 0 spiro atoms. The van der Waals surface area contributed by atoms with Gasteiger partial charge in [-0.25, -0.2) is 4.98 Å². The van der Waals surface area contributed by atoms with Crippen molar-refractivity contribution in [3.63, 3.8) is 0 Å². The van der Waals surface area contributed by atoms with Gasteiger partial charge in [-0.1, -0.05) is 42.8 Å². The van der Waals surface area contributed by atoms with Gasteiger partial charge in [0.15, 0.2) is 0 Å². The van der Waals surface area contributed by atoms with Crippen LogP contribution in [0.15, 0.2) is 52.9 Å². The van der Waals surface area contributed by atoms with E-state index in [2.05, 4.69) is 31.3 Å². The fourth-order valence-electron chi connectivity index (χ4n) is 6.61. The van der Waals surface area contributed by atoms with Gasteiger partial charge in [0, 0.05) is 18.5 Å². The molecule has 6 rings (SSSR count). The molecule has 6 nitrogen and oxygen atoms in total. The molecule has 0 bridgehead atoms. The lowest BCUT2D eigenvalue weighted by atomic mass is 9.93. The number of hydrogen-bond acceptors (Lipinski definition) is 5. The first-order chi connectivity index (χ1) is 18.3. The molecule has 3 heterocycles. The Morgan fingerprint density at radius 2 is 1.92 bits per heavy atom. The molecule has 1 aliphatic heterocycles. The van der Waals surface area contributed by atoms with Gasteiger partial charge in [0.1, 0.15) is 17.0 Å². The van der Waals surface area contributed by atoms with Crippen LogP contribution in [0.25, 0.3) is 21.4 Å². The Morgan fingerprint density at radius 3 is 2.74 bits per heavy atom. The summed E-state index contributed by atoms with van der Waals surface area (Å²) < 4.78 is 5.72. The van der Waals surface area contributed by atoms with Crippen LogP contribution in [0.4, 0.5) is 0 Å². The molecule has 2 aliphatic rings. The van der Waals surface area contributed by atoms with E-state index in [-0.39, 0.29) is 17.9 Å². The van der Waals surface area contributed by atoms with Crippen LogP contribution < -0.4 is 5.32 Å². The third kappa shape index (κ3) is 4.43. The molecule has 1 saturated heterocycles. The van der Waals surface area contributed by atoms with E-state index < -0.39 is 0 Å². The summed E-state index contributed by atoms with van der Waals surface area (Å²) in [6.45, 7) is 9.34. The average Bonchev–Trinajstić information content (AvgIpc) is 3.63. The lowest BCUT2D eigenvalue weighted by molar-refractivity contribution is 0.0692. The SMILES string of the molecule is Cc1cccc(-c2sc(C)nc2C(=O)N2C[C@@H]3CC(C)C[C@@H]3[C@H]2CNC(=O)c2cccc3oc(C)cc23)c1. The molecule has 38 heavy (non-hydrogen) atoms. The highest BCUT2D eigenvalue weighted by Crippen LogP contribution is 2.46. The van der Waals surface area contributed by atoms with E-state index in [9.17, 15) is 9.59 Å². The van der Waals surface area contributed by atoms with Gasteiger partial charge >= 0.3 is 0 Å². The topological polar surface area (TPSA) is 75.4 Å². The molecule has 2 aromatic heterocycles. The van der Waals surface area contributed by atoms with Gasteiger partial charge in [0.25, 0.3) is 11.8 Å². The lowest BCUT2D eigenvalue weighted by Crippen LogP contribution is -2.46. The predicted octanol–water partition coefficient (Wildman–Crippen LogP) is 6.40.